The highest BCUT2D eigenvalue weighted by molar-refractivity contribution is 5.95. The molecule has 4 amide bonds. The quantitative estimate of drug-likeness (QED) is 0.588. The molecule has 1 saturated carbocycles. The Bertz CT molecular complexity index is 1060. The number of nitrogens with one attached hydrogen (secondary N) is 2. The second-order valence-electron chi connectivity index (χ2n) is 9.77. The lowest BCUT2D eigenvalue weighted by Gasteiger charge is -2.36. The van der Waals surface area contributed by atoms with Crippen LogP contribution in [0.1, 0.15) is 32.3 Å². The molecule has 0 atom stereocenters. The number of benzene rings is 2. The van der Waals surface area contributed by atoms with E-state index in [9.17, 15) is 18.8 Å². The second-order valence-corrected chi connectivity index (χ2v) is 9.77. The van der Waals surface area contributed by atoms with Crippen LogP contribution < -0.4 is 15.5 Å². The number of carbonyl (C=O) groups is 3. The molecule has 36 heavy (non-hydrogen) atoms. The van der Waals surface area contributed by atoms with Crippen LogP contribution in [-0.2, 0) is 16.1 Å². The SMILES string of the molecule is CC(C)NC(=O)N1CCN(c2ccc(NC(=O)CN(Cc3ccc(F)cc3)C(=O)C3CC3)cc2)CC1. The minimum atomic E-state index is -0.335. The highest BCUT2D eigenvalue weighted by Crippen LogP contribution is 2.31. The zero-order valence-corrected chi connectivity index (χ0v) is 20.9. The Morgan fingerprint density at radius 1 is 0.972 bits per heavy atom. The van der Waals surface area contributed by atoms with Gasteiger partial charge in [0.1, 0.15) is 12.4 Å². The maximum Gasteiger partial charge on any atom is 0.317 e. The van der Waals surface area contributed by atoms with Gasteiger partial charge in [0.05, 0.1) is 0 Å². The van der Waals surface area contributed by atoms with Crippen molar-refractivity contribution >= 4 is 29.2 Å². The number of urea groups is 1. The van der Waals surface area contributed by atoms with Crippen LogP contribution in [0.3, 0.4) is 0 Å². The first-order chi connectivity index (χ1) is 17.3. The van der Waals surface area contributed by atoms with E-state index in [1.165, 1.54) is 12.1 Å². The molecule has 1 aliphatic heterocycles. The Morgan fingerprint density at radius 3 is 2.19 bits per heavy atom. The van der Waals surface area contributed by atoms with Crippen LogP contribution in [-0.4, -0.2) is 66.4 Å². The molecule has 8 nitrogen and oxygen atoms in total. The van der Waals surface area contributed by atoms with Crippen molar-refractivity contribution < 1.29 is 18.8 Å². The minimum absolute atomic E-state index is 0.0190. The molecule has 2 aromatic rings. The molecular formula is C27H34FN5O3. The number of hydrogen-bond acceptors (Lipinski definition) is 4. The molecule has 2 aromatic carbocycles. The van der Waals surface area contributed by atoms with Crippen LogP contribution >= 0.6 is 0 Å². The van der Waals surface area contributed by atoms with E-state index in [-0.39, 0.29) is 48.7 Å². The van der Waals surface area contributed by atoms with Crippen LogP contribution in [0.5, 0.6) is 0 Å². The van der Waals surface area contributed by atoms with Gasteiger partial charge >= 0.3 is 6.03 Å². The van der Waals surface area contributed by atoms with Gasteiger partial charge in [-0.05, 0) is 68.7 Å². The number of piperazine rings is 1. The van der Waals surface area contributed by atoms with Crippen molar-refractivity contribution in [3.8, 4) is 0 Å². The zero-order valence-electron chi connectivity index (χ0n) is 20.9. The molecule has 2 aliphatic rings. The van der Waals surface area contributed by atoms with E-state index in [1.807, 2.05) is 43.0 Å². The fourth-order valence-corrected chi connectivity index (χ4v) is 4.25. The highest BCUT2D eigenvalue weighted by Gasteiger charge is 2.34. The molecule has 0 radical (unpaired) electrons. The molecule has 0 unspecified atom stereocenters. The molecule has 0 spiro atoms. The van der Waals surface area contributed by atoms with Crippen molar-refractivity contribution in [3.05, 3.63) is 59.9 Å². The molecule has 2 N–H and O–H groups in total. The van der Waals surface area contributed by atoms with Crippen LogP contribution in [0, 0.1) is 11.7 Å². The van der Waals surface area contributed by atoms with Crippen LogP contribution in [0.4, 0.5) is 20.6 Å². The summed E-state index contributed by atoms with van der Waals surface area (Å²) in [7, 11) is 0. The Labute approximate surface area is 211 Å². The molecule has 0 bridgehead atoms. The lowest BCUT2D eigenvalue weighted by molar-refractivity contribution is -0.136. The lowest BCUT2D eigenvalue weighted by Crippen LogP contribution is -2.52. The van der Waals surface area contributed by atoms with Crippen molar-refractivity contribution in [1.29, 1.82) is 0 Å². The number of halogens is 1. The molecule has 1 heterocycles. The molecular weight excluding hydrogens is 461 g/mol. The normalized spacial score (nSPS) is 15.6. The van der Waals surface area contributed by atoms with E-state index in [0.29, 0.717) is 18.8 Å². The van der Waals surface area contributed by atoms with Crippen molar-refractivity contribution in [1.82, 2.24) is 15.1 Å². The van der Waals surface area contributed by atoms with Crippen molar-refractivity contribution in [3.63, 3.8) is 0 Å². The summed E-state index contributed by atoms with van der Waals surface area (Å²) < 4.78 is 13.2. The molecule has 1 saturated heterocycles. The Morgan fingerprint density at radius 2 is 1.61 bits per heavy atom. The van der Waals surface area contributed by atoms with Crippen molar-refractivity contribution in [2.75, 3.05) is 42.9 Å². The number of amides is 4. The Kier molecular flexibility index (Phi) is 8.07. The number of carbonyl (C=O) groups excluding carboxylic acids is 3. The van der Waals surface area contributed by atoms with E-state index in [4.69, 9.17) is 0 Å². The van der Waals surface area contributed by atoms with Gasteiger partial charge in [0.25, 0.3) is 0 Å². The summed E-state index contributed by atoms with van der Waals surface area (Å²) >= 11 is 0. The molecule has 0 aromatic heterocycles. The number of rotatable bonds is 8. The third-order valence-electron chi connectivity index (χ3n) is 6.35. The summed E-state index contributed by atoms with van der Waals surface area (Å²) in [6.45, 7) is 6.87. The van der Waals surface area contributed by atoms with Gasteiger partial charge in [-0.15, -0.1) is 0 Å². The summed E-state index contributed by atoms with van der Waals surface area (Å²) in [4.78, 5) is 43.3. The van der Waals surface area contributed by atoms with Gasteiger partial charge in [-0.1, -0.05) is 12.1 Å². The average Bonchev–Trinajstić information content (AvgIpc) is 3.70. The van der Waals surface area contributed by atoms with Crippen LogP contribution in [0.2, 0.25) is 0 Å². The fraction of sp³-hybridized carbons (Fsp3) is 0.444. The third-order valence-corrected chi connectivity index (χ3v) is 6.35. The monoisotopic (exact) mass is 495 g/mol. The Balaban J connectivity index is 1.30. The summed E-state index contributed by atoms with van der Waals surface area (Å²) in [5.74, 6) is -0.664. The third kappa shape index (κ3) is 6.96. The molecule has 4 rings (SSSR count). The largest absolute Gasteiger partial charge is 0.368 e. The van der Waals surface area contributed by atoms with Crippen LogP contribution in [0.25, 0.3) is 0 Å². The van der Waals surface area contributed by atoms with Gasteiger partial charge in [0, 0.05) is 56.1 Å². The molecule has 9 heteroatoms. The van der Waals surface area contributed by atoms with Gasteiger partial charge < -0.3 is 25.3 Å². The molecule has 192 valence electrons. The number of hydrogen-bond donors (Lipinski definition) is 2. The smallest absolute Gasteiger partial charge is 0.317 e. The number of nitrogens with zero attached hydrogens (tertiary/aromatic N) is 3. The van der Waals surface area contributed by atoms with Crippen molar-refractivity contribution in [2.45, 2.75) is 39.3 Å². The summed E-state index contributed by atoms with van der Waals surface area (Å²) in [5, 5.41) is 5.81. The average molecular weight is 496 g/mol. The topological polar surface area (TPSA) is 85.0 Å². The predicted molar refractivity (Wildman–Crippen MR) is 137 cm³/mol. The van der Waals surface area contributed by atoms with Crippen molar-refractivity contribution in [2.24, 2.45) is 5.92 Å². The van der Waals surface area contributed by atoms with E-state index < -0.39 is 0 Å². The van der Waals surface area contributed by atoms with Gasteiger partial charge in [0.15, 0.2) is 0 Å². The van der Waals surface area contributed by atoms with Gasteiger partial charge in [0.2, 0.25) is 11.8 Å². The standard InChI is InChI=1S/C27H34FN5O3/c1-19(2)29-27(36)32-15-13-31(14-16-32)24-11-9-23(10-12-24)30-25(34)18-33(26(35)21-5-6-21)17-20-3-7-22(28)8-4-20/h3-4,7-12,19,21H,5-6,13-18H2,1-2H3,(H,29,36)(H,30,34). The summed E-state index contributed by atoms with van der Waals surface area (Å²) in [6.07, 6.45) is 1.69. The van der Waals surface area contributed by atoms with E-state index >= 15 is 0 Å². The highest BCUT2D eigenvalue weighted by atomic mass is 19.1. The van der Waals surface area contributed by atoms with Crippen LogP contribution in [0.15, 0.2) is 48.5 Å². The lowest BCUT2D eigenvalue weighted by atomic mass is 10.2. The van der Waals surface area contributed by atoms with Gasteiger partial charge in [-0.2, -0.15) is 0 Å². The maximum atomic E-state index is 13.2. The second kappa shape index (κ2) is 11.4. The van der Waals surface area contributed by atoms with Gasteiger partial charge in [-0.3, -0.25) is 9.59 Å². The Hall–Kier alpha value is -3.62. The first-order valence-corrected chi connectivity index (χ1v) is 12.5. The first kappa shape index (κ1) is 25.5. The van der Waals surface area contributed by atoms with Gasteiger partial charge in [-0.25, -0.2) is 9.18 Å². The van der Waals surface area contributed by atoms with E-state index in [1.54, 1.807) is 17.0 Å². The number of anilines is 2. The summed E-state index contributed by atoms with van der Waals surface area (Å²) in [6, 6.07) is 13.7. The minimum Gasteiger partial charge on any atom is -0.368 e. The maximum absolute atomic E-state index is 13.2. The first-order valence-electron chi connectivity index (χ1n) is 12.5. The summed E-state index contributed by atoms with van der Waals surface area (Å²) in [5.41, 5.74) is 2.46. The van der Waals surface area contributed by atoms with E-state index in [2.05, 4.69) is 15.5 Å². The molecule has 1 aliphatic carbocycles. The zero-order chi connectivity index (χ0) is 25.7. The molecule has 2 fully saturated rings. The van der Waals surface area contributed by atoms with E-state index in [0.717, 1.165) is 37.2 Å². The fourth-order valence-electron chi connectivity index (χ4n) is 4.25. The predicted octanol–water partition coefficient (Wildman–Crippen LogP) is 3.44.